The van der Waals surface area contributed by atoms with Crippen molar-refractivity contribution in [1.29, 1.82) is 0 Å². The first-order chi connectivity index (χ1) is 13.6. The van der Waals surface area contributed by atoms with E-state index >= 15 is 0 Å². The highest BCUT2D eigenvalue weighted by molar-refractivity contribution is 5.83. The van der Waals surface area contributed by atoms with Crippen molar-refractivity contribution in [3.63, 3.8) is 0 Å². The second-order valence-corrected chi connectivity index (χ2v) is 8.34. The third kappa shape index (κ3) is 4.83. The highest BCUT2D eigenvalue weighted by Gasteiger charge is 2.33. The number of alkyl carbamates (subject to hydrolysis) is 1. The van der Waals surface area contributed by atoms with Gasteiger partial charge in [-0.25, -0.2) is 9.18 Å². The zero-order chi connectivity index (χ0) is 21.3. The number of benzene rings is 1. The number of carbonyl (C=O) groups is 2. The van der Waals surface area contributed by atoms with E-state index in [9.17, 15) is 14.0 Å². The minimum atomic E-state index is -0.587. The van der Waals surface area contributed by atoms with Crippen molar-refractivity contribution in [2.45, 2.75) is 65.6 Å². The van der Waals surface area contributed by atoms with Gasteiger partial charge in [-0.1, -0.05) is 0 Å². The fraction of sp³-hybridized carbons (Fsp3) is 0.600. The van der Waals surface area contributed by atoms with Crippen LogP contribution < -0.4 is 5.32 Å². The molecule has 0 saturated carbocycles. The Labute approximate surface area is 168 Å². The van der Waals surface area contributed by atoms with Crippen molar-refractivity contribution in [3.05, 3.63) is 23.0 Å². The van der Waals surface area contributed by atoms with E-state index in [-0.39, 0.29) is 17.8 Å². The standard InChI is InChI=1S/C20H27FN4O4/c1-6-28-18(26)12-7-13-14(8-12)17-16(9-15(13)21)23-25(24-17)10-11(2)22-19(27)29-20(3,4)5/h9,11-12H,6-8,10H2,1-5H3,(H,22,27). The molecule has 1 amide bonds. The lowest BCUT2D eigenvalue weighted by atomic mass is 10.1. The smallest absolute Gasteiger partial charge is 0.407 e. The molecule has 1 aliphatic rings. The third-order valence-corrected chi connectivity index (χ3v) is 4.60. The van der Waals surface area contributed by atoms with Gasteiger partial charge in [0.1, 0.15) is 22.5 Å². The predicted octanol–water partition coefficient (Wildman–Crippen LogP) is 2.76. The molecule has 3 rings (SSSR count). The molecule has 1 N–H and O–H groups in total. The van der Waals surface area contributed by atoms with Crippen LogP contribution >= 0.6 is 0 Å². The summed E-state index contributed by atoms with van der Waals surface area (Å²) in [5, 5.41) is 11.5. The van der Waals surface area contributed by atoms with Crippen molar-refractivity contribution in [2.24, 2.45) is 5.92 Å². The molecule has 9 heteroatoms. The average molecular weight is 406 g/mol. The van der Waals surface area contributed by atoms with Gasteiger partial charge in [-0.05, 0) is 58.6 Å². The minimum absolute atomic E-state index is 0.294. The fourth-order valence-corrected chi connectivity index (χ4v) is 3.48. The molecule has 0 fully saturated rings. The summed E-state index contributed by atoms with van der Waals surface area (Å²) in [5.74, 6) is -1.10. The van der Waals surface area contributed by atoms with E-state index in [4.69, 9.17) is 9.47 Å². The summed E-state index contributed by atoms with van der Waals surface area (Å²) in [5.41, 5.74) is 1.63. The number of rotatable bonds is 5. The molecule has 0 bridgehead atoms. The summed E-state index contributed by atoms with van der Waals surface area (Å²) in [6.07, 6.45) is 0.164. The number of amides is 1. The Morgan fingerprint density at radius 1 is 1.31 bits per heavy atom. The van der Waals surface area contributed by atoms with Gasteiger partial charge in [-0.15, -0.1) is 0 Å². The third-order valence-electron chi connectivity index (χ3n) is 4.60. The van der Waals surface area contributed by atoms with E-state index in [1.54, 1.807) is 34.6 Å². The molecule has 8 nitrogen and oxygen atoms in total. The van der Waals surface area contributed by atoms with Crippen LogP contribution in [0.15, 0.2) is 6.07 Å². The van der Waals surface area contributed by atoms with Crippen LogP contribution in [-0.2, 0) is 33.7 Å². The number of hydrogen-bond acceptors (Lipinski definition) is 6. The quantitative estimate of drug-likeness (QED) is 0.767. The van der Waals surface area contributed by atoms with Crippen LogP contribution in [0.3, 0.4) is 0 Å². The van der Waals surface area contributed by atoms with Gasteiger partial charge >= 0.3 is 12.1 Å². The first-order valence-corrected chi connectivity index (χ1v) is 9.78. The van der Waals surface area contributed by atoms with E-state index < -0.39 is 17.6 Å². The number of nitrogens with zero attached hydrogens (tertiary/aromatic N) is 3. The lowest BCUT2D eigenvalue weighted by Crippen LogP contribution is -2.39. The predicted molar refractivity (Wildman–Crippen MR) is 104 cm³/mol. The molecule has 0 spiro atoms. The molecule has 2 atom stereocenters. The van der Waals surface area contributed by atoms with Crippen molar-refractivity contribution in [3.8, 4) is 0 Å². The second-order valence-electron chi connectivity index (χ2n) is 8.34. The second kappa shape index (κ2) is 7.96. The van der Waals surface area contributed by atoms with Crippen molar-refractivity contribution in [2.75, 3.05) is 6.61 Å². The van der Waals surface area contributed by atoms with Crippen molar-refractivity contribution < 1.29 is 23.5 Å². The topological polar surface area (TPSA) is 95.3 Å². The van der Waals surface area contributed by atoms with Crippen LogP contribution in [0.2, 0.25) is 0 Å². The number of fused-ring (bicyclic) bond motifs is 3. The average Bonchev–Trinajstić information content (AvgIpc) is 3.17. The van der Waals surface area contributed by atoms with E-state index in [2.05, 4.69) is 15.5 Å². The van der Waals surface area contributed by atoms with Crippen LogP contribution in [0, 0.1) is 11.7 Å². The highest BCUT2D eigenvalue weighted by Crippen LogP contribution is 2.34. The number of esters is 1. The lowest BCUT2D eigenvalue weighted by Gasteiger charge is -2.21. The molecule has 1 aliphatic carbocycles. The number of nitrogens with one attached hydrogen (secondary N) is 1. The Kier molecular flexibility index (Phi) is 5.77. The Morgan fingerprint density at radius 2 is 2.00 bits per heavy atom. The molecule has 1 aromatic heterocycles. The number of halogens is 1. The number of ether oxygens (including phenoxy) is 2. The molecule has 2 aromatic rings. The van der Waals surface area contributed by atoms with Gasteiger partial charge in [0.2, 0.25) is 0 Å². The minimum Gasteiger partial charge on any atom is -0.466 e. The first-order valence-electron chi connectivity index (χ1n) is 9.78. The van der Waals surface area contributed by atoms with E-state index in [1.807, 2.05) is 0 Å². The normalized spacial score (nSPS) is 17.1. The number of hydrogen-bond donors (Lipinski definition) is 1. The van der Waals surface area contributed by atoms with Gasteiger partial charge in [0, 0.05) is 6.07 Å². The fourth-order valence-electron chi connectivity index (χ4n) is 3.48. The Bertz CT molecular complexity index is 935. The maximum Gasteiger partial charge on any atom is 0.407 e. The van der Waals surface area contributed by atoms with Gasteiger partial charge in [0.15, 0.2) is 0 Å². The lowest BCUT2D eigenvalue weighted by molar-refractivity contribution is -0.147. The van der Waals surface area contributed by atoms with Gasteiger partial charge in [-0.2, -0.15) is 15.0 Å². The van der Waals surface area contributed by atoms with Gasteiger partial charge in [0.25, 0.3) is 0 Å². The highest BCUT2D eigenvalue weighted by atomic mass is 19.1. The van der Waals surface area contributed by atoms with E-state index in [0.29, 0.717) is 48.2 Å². The maximum atomic E-state index is 14.5. The summed E-state index contributed by atoms with van der Waals surface area (Å²) in [7, 11) is 0. The Balaban J connectivity index is 1.76. The Hall–Kier alpha value is -2.71. The van der Waals surface area contributed by atoms with Gasteiger partial charge in [-0.3, -0.25) is 4.79 Å². The molecule has 0 radical (unpaired) electrons. The number of carbonyl (C=O) groups excluding carboxylic acids is 2. The van der Waals surface area contributed by atoms with Crippen molar-refractivity contribution >= 4 is 23.1 Å². The molecule has 0 saturated heterocycles. The van der Waals surface area contributed by atoms with Crippen LogP contribution in [0.4, 0.5) is 9.18 Å². The molecular weight excluding hydrogens is 379 g/mol. The molecule has 29 heavy (non-hydrogen) atoms. The van der Waals surface area contributed by atoms with E-state index in [1.165, 1.54) is 10.9 Å². The van der Waals surface area contributed by atoms with Gasteiger partial charge in [0.05, 0.1) is 25.1 Å². The summed E-state index contributed by atoms with van der Waals surface area (Å²) < 4.78 is 24.9. The molecule has 158 valence electrons. The summed E-state index contributed by atoms with van der Waals surface area (Å²) in [4.78, 5) is 25.4. The molecule has 2 unspecified atom stereocenters. The summed E-state index contributed by atoms with van der Waals surface area (Å²) in [6, 6.07) is 1.05. The zero-order valence-electron chi connectivity index (χ0n) is 17.4. The number of aromatic nitrogens is 3. The maximum absolute atomic E-state index is 14.5. The van der Waals surface area contributed by atoms with Crippen molar-refractivity contribution in [1.82, 2.24) is 20.3 Å². The zero-order valence-corrected chi connectivity index (χ0v) is 17.4. The SMILES string of the molecule is CCOC(=O)C1Cc2c(F)cc3nn(CC(C)NC(=O)OC(C)(C)C)nc3c2C1. The van der Waals surface area contributed by atoms with Crippen LogP contribution in [0.1, 0.15) is 45.7 Å². The summed E-state index contributed by atoms with van der Waals surface area (Å²) in [6.45, 7) is 9.51. The molecule has 1 heterocycles. The summed E-state index contributed by atoms with van der Waals surface area (Å²) >= 11 is 0. The van der Waals surface area contributed by atoms with Gasteiger partial charge < -0.3 is 14.8 Å². The molecule has 0 aliphatic heterocycles. The largest absolute Gasteiger partial charge is 0.466 e. The van der Waals surface area contributed by atoms with Crippen LogP contribution in [0.25, 0.3) is 11.0 Å². The first kappa shape index (κ1) is 21.0. The van der Waals surface area contributed by atoms with E-state index in [0.717, 1.165) is 0 Å². The van der Waals surface area contributed by atoms with Crippen LogP contribution in [-0.4, -0.2) is 45.3 Å². The molecule has 1 aromatic carbocycles. The van der Waals surface area contributed by atoms with Crippen LogP contribution in [0.5, 0.6) is 0 Å². The molecular formula is C20H27FN4O4. The monoisotopic (exact) mass is 406 g/mol. The Morgan fingerprint density at radius 3 is 2.66 bits per heavy atom.